The summed E-state index contributed by atoms with van der Waals surface area (Å²) in [7, 11) is -0.438. The molecule has 1 amide bonds. The Labute approximate surface area is 157 Å². The van der Waals surface area contributed by atoms with Crippen molar-refractivity contribution in [3.63, 3.8) is 0 Å². The second kappa shape index (κ2) is 8.97. The third-order valence-corrected chi connectivity index (χ3v) is 6.68. The van der Waals surface area contributed by atoms with E-state index in [0.717, 1.165) is 12.0 Å². The Balaban J connectivity index is 2.09. The topological polar surface area (TPSA) is 69.7 Å². The number of amides is 1. The van der Waals surface area contributed by atoms with Crippen molar-refractivity contribution < 1.29 is 13.2 Å². The number of rotatable bonds is 7. The molecule has 2 atom stereocenters. The van der Waals surface area contributed by atoms with E-state index in [1.54, 1.807) is 0 Å². The van der Waals surface area contributed by atoms with Crippen molar-refractivity contribution in [3.05, 3.63) is 35.9 Å². The van der Waals surface area contributed by atoms with Crippen LogP contribution in [0, 0.1) is 11.8 Å². The highest BCUT2D eigenvalue weighted by Crippen LogP contribution is 2.24. The Kier molecular flexibility index (Phi) is 7.20. The number of carbonyl (C=O) groups excluding carboxylic acids is 1. The van der Waals surface area contributed by atoms with Gasteiger partial charge in [-0.25, -0.2) is 0 Å². The Hall–Kier alpha value is -1.44. The van der Waals surface area contributed by atoms with Crippen LogP contribution >= 0.6 is 0 Å². The van der Waals surface area contributed by atoms with Gasteiger partial charge in [-0.05, 0) is 30.7 Å². The van der Waals surface area contributed by atoms with E-state index in [9.17, 15) is 13.2 Å². The molecule has 1 fully saturated rings. The van der Waals surface area contributed by atoms with Crippen LogP contribution in [0.25, 0.3) is 0 Å². The molecule has 1 heterocycles. The molecule has 1 aromatic carbocycles. The van der Waals surface area contributed by atoms with Gasteiger partial charge in [-0.15, -0.1) is 0 Å². The minimum absolute atomic E-state index is 0.0514. The number of piperidine rings is 1. The van der Waals surface area contributed by atoms with E-state index in [1.165, 1.54) is 22.7 Å². The van der Waals surface area contributed by atoms with Gasteiger partial charge in [-0.1, -0.05) is 44.2 Å². The van der Waals surface area contributed by atoms with Crippen LogP contribution < -0.4 is 5.32 Å². The fraction of sp³-hybridized carbons (Fsp3) is 0.632. The third kappa shape index (κ3) is 5.28. The lowest BCUT2D eigenvalue weighted by Gasteiger charge is -2.33. The monoisotopic (exact) mass is 381 g/mol. The molecule has 1 N–H and O–H groups in total. The van der Waals surface area contributed by atoms with E-state index in [4.69, 9.17) is 0 Å². The molecule has 0 saturated carbocycles. The largest absolute Gasteiger partial charge is 0.349 e. The molecular weight excluding hydrogens is 350 g/mol. The average Bonchev–Trinajstić information content (AvgIpc) is 2.61. The first-order valence-corrected chi connectivity index (χ1v) is 10.6. The van der Waals surface area contributed by atoms with Crippen molar-refractivity contribution in [1.29, 1.82) is 0 Å². The summed E-state index contributed by atoms with van der Waals surface area (Å²) >= 11 is 0. The maximum absolute atomic E-state index is 12.9. The van der Waals surface area contributed by atoms with Crippen molar-refractivity contribution in [2.24, 2.45) is 11.8 Å². The Morgan fingerprint density at radius 3 is 2.50 bits per heavy atom. The molecule has 0 radical (unpaired) electrons. The van der Waals surface area contributed by atoms with E-state index < -0.39 is 10.2 Å². The quantitative estimate of drug-likeness (QED) is 0.788. The smallest absolute Gasteiger partial charge is 0.281 e. The standard InChI is InChI=1S/C19H31N3O3S/c1-15(2)13-18(16-9-6-5-7-10-16)20-19(23)17-11-8-12-22(14-17)26(24,25)21(3)4/h5-7,9-10,15,17-18H,8,11-14H2,1-4H3,(H,20,23). The summed E-state index contributed by atoms with van der Waals surface area (Å²) < 4.78 is 27.4. The molecule has 1 saturated heterocycles. The minimum atomic E-state index is -3.48. The van der Waals surface area contributed by atoms with Crippen LogP contribution in [0.5, 0.6) is 0 Å². The second-order valence-electron chi connectivity index (χ2n) is 7.59. The van der Waals surface area contributed by atoms with Crippen molar-refractivity contribution >= 4 is 16.1 Å². The van der Waals surface area contributed by atoms with Gasteiger partial charge in [0.1, 0.15) is 0 Å². The van der Waals surface area contributed by atoms with Gasteiger partial charge < -0.3 is 5.32 Å². The van der Waals surface area contributed by atoms with Gasteiger partial charge in [0.05, 0.1) is 12.0 Å². The Morgan fingerprint density at radius 1 is 1.27 bits per heavy atom. The molecule has 146 valence electrons. The number of hydrogen-bond acceptors (Lipinski definition) is 3. The third-order valence-electron chi connectivity index (χ3n) is 4.77. The zero-order valence-corrected chi connectivity index (χ0v) is 17.0. The van der Waals surface area contributed by atoms with Gasteiger partial charge in [0.2, 0.25) is 5.91 Å². The predicted octanol–water partition coefficient (Wildman–Crippen LogP) is 2.41. The molecule has 1 aliphatic heterocycles. The van der Waals surface area contributed by atoms with Crippen LogP contribution in [-0.4, -0.2) is 50.1 Å². The van der Waals surface area contributed by atoms with Crippen molar-refractivity contribution in [2.75, 3.05) is 27.2 Å². The molecule has 7 heteroatoms. The van der Waals surface area contributed by atoms with Crippen LogP contribution in [0.1, 0.15) is 44.7 Å². The summed E-state index contributed by atoms with van der Waals surface area (Å²) in [6.45, 7) is 4.98. The molecule has 2 unspecified atom stereocenters. The normalized spacial score (nSPS) is 20.3. The zero-order chi connectivity index (χ0) is 19.3. The molecule has 1 aliphatic rings. The first-order chi connectivity index (χ1) is 12.2. The molecular formula is C19H31N3O3S. The lowest BCUT2D eigenvalue weighted by atomic mass is 9.94. The zero-order valence-electron chi connectivity index (χ0n) is 16.2. The van der Waals surface area contributed by atoms with Crippen LogP contribution in [0.4, 0.5) is 0 Å². The van der Waals surface area contributed by atoms with Gasteiger partial charge in [-0.3, -0.25) is 4.79 Å². The van der Waals surface area contributed by atoms with Gasteiger partial charge >= 0.3 is 0 Å². The summed E-state index contributed by atoms with van der Waals surface area (Å²) in [5.41, 5.74) is 1.09. The van der Waals surface area contributed by atoms with Crippen LogP contribution in [0.2, 0.25) is 0 Å². The summed E-state index contributed by atoms with van der Waals surface area (Å²) in [6, 6.07) is 9.91. The Morgan fingerprint density at radius 2 is 1.92 bits per heavy atom. The van der Waals surface area contributed by atoms with E-state index in [-0.39, 0.29) is 24.4 Å². The van der Waals surface area contributed by atoms with Crippen molar-refractivity contribution in [1.82, 2.24) is 13.9 Å². The molecule has 0 aromatic heterocycles. The van der Waals surface area contributed by atoms with Gasteiger partial charge in [0, 0.05) is 27.2 Å². The summed E-state index contributed by atoms with van der Waals surface area (Å²) in [6.07, 6.45) is 2.27. The number of benzene rings is 1. The van der Waals surface area contributed by atoms with Crippen LogP contribution in [0.15, 0.2) is 30.3 Å². The molecule has 1 aromatic rings. The average molecular weight is 382 g/mol. The molecule has 26 heavy (non-hydrogen) atoms. The minimum Gasteiger partial charge on any atom is -0.349 e. The van der Waals surface area contributed by atoms with E-state index in [2.05, 4.69) is 19.2 Å². The SMILES string of the molecule is CC(C)CC(NC(=O)C1CCCN(S(=O)(=O)N(C)C)C1)c1ccccc1. The number of carbonyl (C=O) groups is 1. The molecule has 0 aliphatic carbocycles. The number of nitrogens with one attached hydrogen (secondary N) is 1. The number of hydrogen-bond donors (Lipinski definition) is 1. The van der Waals surface area contributed by atoms with Crippen molar-refractivity contribution in [2.45, 2.75) is 39.2 Å². The van der Waals surface area contributed by atoms with Gasteiger partial charge in [-0.2, -0.15) is 17.0 Å². The molecule has 6 nitrogen and oxygen atoms in total. The van der Waals surface area contributed by atoms with E-state index in [0.29, 0.717) is 25.3 Å². The first kappa shape index (κ1) is 20.9. The Bertz CT molecular complexity index is 689. The fourth-order valence-corrected chi connectivity index (χ4v) is 4.51. The van der Waals surface area contributed by atoms with Crippen LogP contribution in [0.3, 0.4) is 0 Å². The van der Waals surface area contributed by atoms with E-state index >= 15 is 0 Å². The highest BCUT2D eigenvalue weighted by Gasteiger charge is 2.34. The molecule has 2 rings (SSSR count). The maximum atomic E-state index is 12.9. The van der Waals surface area contributed by atoms with E-state index in [1.807, 2.05) is 30.3 Å². The second-order valence-corrected chi connectivity index (χ2v) is 9.73. The fourth-order valence-electron chi connectivity index (χ4n) is 3.32. The first-order valence-electron chi connectivity index (χ1n) is 9.24. The van der Waals surface area contributed by atoms with Gasteiger partial charge in [0.25, 0.3) is 10.2 Å². The summed E-state index contributed by atoms with van der Waals surface area (Å²) in [4.78, 5) is 12.9. The van der Waals surface area contributed by atoms with Crippen molar-refractivity contribution in [3.8, 4) is 0 Å². The van der Waals surface area contributed by atoms with Gasteiger partial charge in [0.15, 0.2) is 0 Å². The summed E-state index contributed by atoms with van der Waals surface area (Å²) in [5.74, 6) is 0.0764. The lowest BCUT2D eigenvalue weighted by molar-refractivity contribution is -0.127. The van der Waals surface area contributed by atoms with Crippen LogP contribution in [-0.2, 0) is 15.0 Å². The predicted molar refractivity (Wildman–Crippen MR) is 104 cm³/mol. The summed E-state index contributed by atoms with van der Waals surface area (Å²) in [5, 5.41) is 3.16. The lowest BCUT2D eigenvalue weighted by Crippen LogP contribution is -2.49. The highest BCUT2D eigenvalue weighted by molar-refractivity contribution is 7.86. The molecule has 0 bridgehead atoms. The maximum Gasteiger partial charge on any atom is 0.281 e. The highest BCUT2D eigenvalue weighted by atomic mass is 32.2. The number of nitrogens with zero attached hydrogens (tertiary/aromatic N) is 2. The molecule has 0 spiro atoms.